The van der Waals surface area contributed by atoms with Crippen LogP contribution >= 0.6 is 11.6 Å². The molecule has 0 spiro atoms. The summed E-state index contributed by atoms with van der Waals surface area (Å²) < 4.78 is 70.1. The maximum Gasteiger partial charge on any atom is 0.303 e. The molecular formula is C28H26ClFN4O5S2. The van der Waals surface area contributed by atoms with E-state index in [1.54, 1.807) is 36.4 Å². The molecular weight excluding hydrogens is 591 g/mol. The third kappa shape index (κ3) is 7.22. The number of hydrogen-bond donors (Lipinski definition) is 2. The topological polar surface area (TPSA) is 116 Å². The summed E-state index contributed by atoms with van der Waals surface area (Å²) in [7, 11) is -5.18. The van der Waals surface area contributed by atoms with Gasteiger partial charge in [0.15, 0.2) is 0 Å². The molecule has 13 heteroatoms. The van der Waals surface area contributed by atoms with Crippen molar-refractivity contribution in [3.63, 3.8) is 0 Å². The summed E-state index contributed by atoms with van der Waals surface area (Å²) in [5.41, 5.74) is 1.38. The van der Waals surface area contributed by atoms with Crippen LogP contribution in [0.1, 0.15) is 15.9 Å². The molecule has 0 atom stereocenters. The van der Waals surface area contributed by atoms with Gasteiger partial charge in [0.1, 0.15) is 5.82 Å². The molecule has 4 aromatic rings. The third-order valence-electron chi connectivity index (χ3n) is 5.90. The van der Waals surface area contributed by atoms with Crippen LogP contribution < -0.4 is 14.3 Å². The van der Waals surface area contributed by atoms with E-state index in [4.69, 9.17) is 11.6 Å². The van der Waals surface area contributed by atoms with Crippen LogP contribution in [0.4, 0.5) is 21.5 Å². The standard InChI is InChI=1S/C28H26ClFN4O5S2/c1-33(2)41(38,39)34(27-9-4-3-8-26(27)30)19-20-10-12-21(13-11-20)28(35)31-23-14-16-25(17-15-23)40(36,37)32-24-7-5-6-22(29)18-24/h3-18,32H,19H2,1-2H3,(H,31,35). The average Bonchev–Trinajstić information content (AvgIpc) is 2.92. The fraction of sp³-hybridized carbons (Fsp3) is 0.107. The minimum atomic E-state index is -4.02. The number of carbonyl (C=O) groups excluding carboxylic acids is 1. The number of carbonyl (C=O) groups is 1. The van der Waals surface area contributed by atoms with E-state index in [1.165, 1.54) is 74.8 Å². The molecule has 214 valence electrons. The molecule has 4 rings (SSSR count). The van der Waals surface area contributed by atoms with Crippen LogP contribution in [-0.2, 0) is 26.8 Å². The molecule has 0 aromatic heterocycles. The highest BCUT2D eigenvalue weighted by Gasteiger charge is 2.27. The molecule has 41 heavy (non-hydrogen) atoms. The first-order valence-electron chi connectivity index (χ1n) is 12.1. The molecule has 0 saturated heterocycles. The van der Waals surface area contributed by atoms with Crippen LogP contribution in [-0.4, -0.2) is 41.1 Å². The number of sulfonamides is 1. The number of anilines is 3. The zero-order chi connectivity index (χ0) is 29.8. The van der Waals surface area contributed by atoms with Crippen molar-refractivity contribution in [3.05, 3.63) is 119 Å². The van der Waals surface area contributed by atoms with Crippen LogP contribution in [0.25, 0.3) is 0 Å². The van der Waals surface area contributed by atoms with Crippen LogP contribution in [0.3, 0.4) is 0 Å². The van der Waals surface area contributed by atoms with Gasteiger partial charge in [0.2, 0.25) is 0 Å². The summed E-state index contributed by atoms with van der Waals surface area (Å²) >= 11 is 5.91. The minimum absolute atomic E-state index is 0.00749. The Labute approximate surface area is 243 Å². The Morgan fingerprint density at radius 2 is 1.49 bits per heavy atom. The normalized spacial score (nSPS) is 11.7. The Morgan fingerprint density at radius 1 is 0.829 bits per heavy atom. The summed E-state index contributed by atoms with van der Waals surface area (Å²) in [6.07, 6.45) is 0. The maximum absolute atomic E-state index is 14.5. The van der Waals surface area contributed by atoms with Crippen LogP contribution in [0.5, 0.6) is 0 Å². The quantitative estimate of drug-likeness (QED) is 0.249. The van der Waals surface area contributed by atoms with Crippen LogP contribution in [0.2, 0.25) is 5.02 Å². The number of rotatable bonds is 10. The second kappa shape index (κ2) is 12.3. The maximum atomic E-state index is 14.5. The Balaban J connectivity index is 1.45. The SMILES string of the molecule is CN(C)S(=O)(=O)N(Cc1ccc(C(=O)Nc2ccc(S(=O)(=O)Nc3cccc(Cl)c3)cc2)cc1)c1ccccc1F. The van der Waals surface area contributed by atoms with Crippen molar-refractivity contribution >= 4 is 54.8 Å². The summed E-state index contributed by atoms with van der Waals surface area (Å²) in [6.45, 7) is -0.164. The highest BCUT2D eigenvalue weighted by molar-refractivity contribution is 7.92. The van der Waals surface area contributed by atoms with Gasteiger partial charge in [-0.3, -0.25) is 13.8 Å². The van der Waals surface area contributed by atoms with Crippen molar-refractivity contribution in [2.24, 2.45) is 0 Å². The Morgan fingerprint density at radius 3 is 2.10 bits per heavy atom. The summed E-state index contributed by atoms with van der Waals surface area (Å²) in [4.78, 5) is 12.8. The van der Waals surface area contributed by atoms with Gasteiger partial charge in [-0.05, 0) is 72.3 Å². The number of benzene rings is 4. The molecule has 4 aromatic carbocycles. The highest BCUT2D eigenvalue weighted by atomic mass is 35.5. The van der Waals surface area contributed by atoms with E-state index in [9.17, 15) is 26.0 Å². The van der Waals surface area contributed by atoms with Crippen molar-refractivity contribution < 1.29 is 26.0 Å². The van der Waals surface area contributed by atoms with E-state index < -0.39 is 32.0 Å². The molecule has 0 aliphatic carbocycles. The van der Waals surface area contributed by atoms with Gasteiger partial charge in [0, 0.05) is 30.4 Å². The first-order valence-corrected chi connectivity index (χ1v) is 15.4. The van der Waals surface area contributed by atoms with Crippen molar-refractivity contribution in [2.75, 3.05) is 28.4 Å². The fourth-order valence-electron chi connectivity index (χ4n) is 3.76. The predicted octanol–water partition coefficient (Wildman–Crippen LogP) is 5.35. The molecule has 0 fully saturated rings. The summed E-state index contributed by atoms with van der Waals surface area (Å²) in [6, 6.07) is 23.7. The summed E-state index contributed by atoms with van der Waals surface area (Å²) in [5.74, 6) is -1.15. The van der Waals surface area contributed by atoms with E-state index >= 15 is 0 Å². The molecule has 0 saturated carbocycles. The molecule has 0 unspecified atom stereocenters. The van der Waals surface area contributed by atoms with E-state index in [1.807, 2.05) is 0 Å². The van der Waals surface area contributed by atoms with Gasteiger partial charge >= 0.3 is 10.2 Å². The monoisotopic (exact) mass is 616 g/mol. The van der Waals surface area contributed by atoms with Crippen LogP contribution in [0.15, 0.2) is 102 Å². The number of amides is 1. The Kier molecular flexibility index (Phi) is 8.98. The Bertz CT molecular complexity index is 1770. The molecule has 9 nitrogen and oxygen atoms in total. The van der Waals surface area contributed by atoms with E-state index in [2.05, 4.69) is 10.0 Å². The van der Waals surface area contributed by atoms with Gasteiger partial charge in [-0.15, -0.1) is 0 Å². The van der Waals surface area contributed by atoms with Gasteiger partial charge in [0.05, 0.1) is 22.8 Å². The van der Waals surface area contributed by atoms with Crippen molar-refractivity contribution in [1.82, 2.24) is 4.31 Å². The highest BCUT2D eigenvalue weighted by Crippen LogP contribution is 2.26. The molecule has 0 bridgehead atoms. The predicted molar refractivity (Wildman–Crippen MR) is 158 cm³/mol. The lowest BCUT2D eigenvalue weighted by Crippen LogP contribution is -2.40. The van der Waals surface area contributed by atoms with E-state index in [0.717, 1.165) is 8.61 Å². The number of nitrogens with one attached hydrogen (secondary N) is 2. The molecule has 0 heterocycles. The average molecular weight is 617 g/mol. The smallest absolute Gasteiger partial charge is 0.303 e. The molecule has 0 aliphatic rings. The molecule has 0 radical (unpaired) electrons. The lowest BCUT2D eigenvalue weighted by molar-refractivity contribution is 0.102. The first kappa shape index (κ1) is 30.0. The number of nitrogens with zero attached hydrogens (tertiary/aromatic N) is 2. The van der Waals surface area contributed by atoms with Gasteiger partial charge in [0.25, 0.3) is 15.9 Å². The van der Waals surface area contributed by atoms with Gasteiger partial charge < -0.3 is 5.32 Å². The van der Waals surface area contributed by atoms with Crippen LogP contribution in [0, 0.1) is 5.82 Å². The zero-order valence-corrected chi connectivity index (χ0v) is 24.3. The number of halogens is 2. The molecule has 1 amide bonds. The summed E-state index contributed by atoms with van der Waals surface area (Å²) in [5, 5.41) is 3.08. The Hall–Kier alpha value is -3.97. The lowest BCUT2D eigenvalue weighted by atomic mass is 10.1. The molecule has 0 aliphatic heterocycles. The zero-order valence-electron chi connectivity index (χ0n) is 22.0. The first-order chi connectivity index (χ1) is 19.4. The van der Waals surface area contributed by atoms with Gasteiger partial charge in [-0.2, -0.15) is 12.7 Å². The minimum Gasteiger partial charge on any atom is -0.322 e. The largest absolute Gasteiger partial charge is 0.322 e. The van der Waals surface area contributed by atoms with Gasteiger partial charge in [-0.1, -0.05) is 41.9 Å². The van der Waals surface area contributed by atoms with Crippen molar-refractivity contribution in [3.8, 4) is 0 Å². The van der Waals surface area contributed by atoms with Crippen molar-refractivity contribution in [1.29, 1.82) is 0 Å². The fourth-order valence-corrected chi connectivity index (χ4v) is 6.10. The van der Waals surface area contributed by atoms with Crippen molar-refractivity contribution in [2.45, 2.75) is 11.4 Å². The van der Waals surface area contributed by atoms with E-state index in [-0.39, 0.29) is 22.7 Å². The second-order valence-corrected chi connectivity index (χ2v) is 13.2. The van der Waals surface area contributed by atoms with Gasteiger partial charge in [-0.25, -0.2) is 12.8 Å². The lowest BCUT2D eigenvalue weighted by Gasteiger charge is -2.27. The number of hydrogen-bond acceptors (Lipinski definition) is 5. The third-order valence-corrected chi connectivity index (χ3v) is 9.34. The molecule has 2 N–H and O–H groups in total. The van der Waals surface area contributed by atoms with E-state index in [0.29, 0.717) is 22.0 Å². The number of para-hydroxylation sites is 1. The second-order valence-electron chi connectivity index (χ2n) is 9.04.